The van der Waals surface area contributed by atoms with E-state index in [0.29, 0.717) is 39.3 Å². The van der Waals surface area contributed by atoms with Gasteiger partial charge in [0, 0.05) is 103 Å². The first-order valence-corrected chi connectivity index (χ1v) is 14.0. The van der Waals surface area contributed by atoms with E-state index < -0.39 is 12.4 Å². The van der Waals surface area contributed by atoms with E-state index in [0.717, 1.165) is 22.8 Å². The van der Waals surface area contributed by atoms with Gasteiger partial charge in [-0.2, -0.15) is 0 Å². The second-order valence-electron chi connectivity index (χ2n) is 9.62. The van der Waals surface area contributed by atoms with Crippen LogP contribution < -0.4 is 0 Å². The number of aliphatic hydroxyl groups is 3. The van der Waals surface area contributed by atoms with Crippen LogP contribution in [0.25, 0.3) is 0 Å². The Morgan fingerprint density at radius 3 is 0.953 bits per heavy atom. The van der Waals surface area contributed by atoms with Gasteiger partial charge in [-0.3, -0.25) is 29.7 Å². The zero-order valence-electron chi connectivity index (χ0n) is 25.8. The Kier molecular flexibility index (Phi) is 23.7. The third-order valence-electron chi connectivity index (χ3n) is 5.38. The van der Waals surface area contributed by atoms with Crippen molar-refractivity contribution in [2.24, 2.45) is 0 Å². The van der Waals surface area contributed by atoms with Crippen molar-refractivity contribution >= 4 is 0 Å². The Morgan fingerprint density at radius 1 is 0.535 bits per heavy atom. The monoisotopic (exact) mass is 688 g/mol. The van der Waals surface area contributed by atoms with Crippen LogP contribution in [0.15, 0.2) is 97.6 Å². The van der Waals surface area contributed by atoms with Crippen LogP contribution in [0.5, 0.6) is 0 Å². The maximum atomic E-state index is 11.1. The van der Waals surface area contributed by atoms with Gasteiger partial charge in [0.15, 0.2) is 0 Å². The molecule has 4 aromatic heterocycles. The second kappa shape index (κ2) is 25.0. The minimum absolute atomic E-state index is 0. The van der Waals surface area contributed by atoms with Crippen molar-refractivity contribution in [2.45, 2.75) is 65.8 Å². The number of pyridine rings is 4. The molecule has 0 saturated heterocycles. The summed E-state index contributed by atoms with van der Waals surface area (Å²) in [5.41, 5.74) is 3.85. The van der Waals surface area contributed by atoms with Crippen LogP contribution in [-0.4, -0.2) is 70.5 Å². The zero-order chi connectivity index (χ0) is 29.7. The molecule has 4 heterocycles. The molecule has 0 fully saturated rings. The SMILES string of the molecule is CC(O)O.CCC.OC(CN(Cc1ccccn1)Cc1ccccn1)CN(Cc1ccccn1)Cc1ccccn1.[Zn].[Zn]. The van der Waals surface area contributed by atoms with Gasteiger partial charge in [0.05, 0.1) is 28.9 Å². The van der Waals surface area contributed by atoms with E-state index >= 15 is 0 Å². The van der Waals surface area contributed by atoms with E-state index in [-0.39, 0.29) is 39.0 Å². The predicted octanol–water partition coefficient (Wildman–Crippen LogP) is 4.06. The van der Waals surface area contributed by atoms with Crippen molar-refractivity contribution in [3.8, 4) is 0 Å². The minimum atomic E-state index is -1.17. The zero-order valence-corrected chi connectivity index (χ0v) is 31.7. The molecule has 11 heteroatoms. The van der Waals surface area contributed by atoms with Crippen LogP contribution in [0.3, 0.4) is 0 Å². The Morgan fingerprint density at radius 2 is 0.767 bits per heavy atom. The van der Waals surface area contributed by atoms with Crippen molar-refractivity contribution in [3.05, 3.63) is 120 Å². The van der Waals surface area contributed by atoms with Gasteiger partial charge in [-0.25, -0.2) is 0 Å². The molecular formula is C32H44N6O3Zn2. The Labute approximate surface area is 282 Å². The smallest absolute Gasteiger partial charge is 0.148 e. The number of aliphatic hydroxyl groups excluding tert-OH is 2. The topological polar surface area (TPSA) is 119 Å². The van der Waals surface area contributed by atoms with Gasteiger partial charge in [-0.15, -0.1) is 0 Å². The molecule has 0 radical (unpaired) electrons. The summed E-state index contributed by atoms with van der Waals surface area (Å²) in [5, 5.41) is 26.4. The van der Waals surface area contributed by atoms with E-state index in [1.54, 1.807) is 24.8 Å². The molecule has 0 amide bonds. The predicted molar refractivity (Wildman–Crippen MR) is 161 cm³/mol. The van der Waals surface area contributed by atoms with Gasteiger partial charge < -0.3 is 15.3 Å². The van der Waals surface area contributed by atoms with Gasteiger partial charge in [-0.1, -0.05) is 44.5 Å². The van der Waals surface area contributed by atoms with E-state index in [1.165, 1.54) is 13.3 Å². The normalized spacial score (nSPS) is 10.3. The second-order valence-corrected chi connectivity index (χ2v) is 9.62. The summed E-state index contributed by atoms with van der Waals surface area (Å²) >= 11 is 0. The fourth-order valence-corrected chi connectivity index (χ4v) is 3.91. The first-order valence-electron chi connectivity index (χ1n) is 14.0. The van der Waals surface area contributed by atoms with Gasteiger partial charge in [0.25, 0.3) is 0 Å². The van der Waals surface area contributed by atoms with Gasteiger partial charge in [-0.05, 0) is 55.5 Å². The minimum Gasteiger partial charge on any atom is -0.390 e. The molecule has 0 aromatic carbocycles. The molecule has 0 saturated carbocycles. The molecule has 9 nitrogen and oxygen atoms in total. The molecule has 0 spiro atoms. The fraction of sp³-hybridized carbons (Fsp3) is 0.375. The molecule has 4 aromatic rings. The van der Waals surface area contributed by atoms with Crippen molar-refractivity contribution in [1.82, 2.24) is 29.7 Å². The van der Waals surface area contributed by atoms with Gasteiger partial charge in [0.1, 0.15) is 6.29 Å². The average molecular weight is 692 g/mol. The van der Waals surface area contributed by atoms with E-state index in [9.17, 15) is 5.11 Å². The Balaban J connectivity index is 0.00000178. The van der Waals surface area contributed by atoms with Gasteiger partial charge in [0.2, 0.25) is 0 Å². The average Bonchev–Trinajstić information content (AvgIpc) is 2.95. The number of nitrogens with zero attached hydrogens (tertiary/aromatic N) is 6. The number of rotatable bonds is 12. The molecule has 0 atom stereocenters. The molecule has 0 unspecified atom stereocenters. The summed E-state index contributed by atoms with van der Waals surface area (Å²) in [6.07, 6.45) is 6.70. The molecule has 0 aliphatic heterocycles. The number of hydrogen-bond acceptors (Lipinski definition) is 9. The maximum absolute atomic E-state index is 11.1. The summed E-state index contributed by atoms with van der Waals surface area (Å²) in [7, 11) is 0. The van der Waals surface area contributed by atoms with Crippen molar-refractivity contribution in [1.29, 1.82) is 0 Å². The molecule has 0 bridgehead atoms. The van der Waals surface area contributed by atoms with Crippen LogP contribution in [0.2, 0.25) is 0 Å². The summed E-state index contributed by atoms with van der Waals surface area (Å²) in [4.78, 5) is 22.3. The quantitative estimate of drug-likeness (QED) is 0.149. The molecule has 0 aliphatic rings. The van der Waals surface area contributed by atoms with Gasteiger partial charge >= 0.3 is 0 Å². The molecule has 0 aliphatic carbocycles. The van der Waals surface area contributed by atoms with Crippen LogP contribution in [0.1, 0.15) is 50.0 Å². The van der Waals surface area contributed by atoms with E-state index in [1.807, 2.05) is 72.8 Å². The molecule has 224 valence electrons. The molecular weight excluding hydrogens is 647 g/mol. The van der Waals surface area contributed by atoms with E-state index in [4.69, 9.17) is 10.2 Å². The third-order valence-corrected chi connectivity index (χ3v) is 5.38. The summed E-state index contributed by atoms with van der Waals surface area (Å²) < 4.78 is 0. The first kappa shape index (κ1) is 40.6. The Hall–Kier alpha value is -2.35. The largest absolute Gasteiger partial charge is 0.390 e. The molecule has 4 rings (SSSR count). The first-order chi connectivity index (χ1) is 19.9. The number of hydrogen-bond donors (Lipinski definition) is 3. The summed E-state index contributed by atoms with van der Waals surface area (Å²) in [6.45, 7) is 9.05. The fourth-order valence-electron chi connectivity index (χ4n) is 3.91. The van der Waals surface area contributed by atoms with Crippen LogP contribution >= 0.6 is 0 Å². The maximum Gasteiger partial charge on any atom is 0.148 e. The third kappa shape index (κ3) is 19.5. The van der Waals surface area contributed by atoms with Crippen LogP contribution in [0.4, 0.5) is 0 Å². The molecule has 43 heavy (non-hydrogen) atoms. The van der Waals surface area contributed by atoms with Crippen LogP contribution in [0, 0.1) is 0 Å². The van der Waals surface area contributed by atoms with Crippen molar-refractivity contribution < 1.29 is 54.3 Å². The summed E-state index contributed by atoms with van der Waals surface area (Å²) in [6, 6.07) is 23.6. The van der Waals surface area contributed by atoms with Crippen LogP contribution in [-0.2, 0) is 65.1 Å². The number of aromatic nitrogens is 4. The summed E-state index contributed by atoms with van der Waals surface area (Å²) in [5.74, 6) is 0. The molecule has 3 N–H and O–H groups in total. The van der Waals surface area contributed by atoms with E-state index in [2.05, 4.69) is 43.6 Å². The van der Waals surface area contributed by atoms with Crippen molar-refractivity contribution in [2.75, 3.05) is 13.1 Å². The van der Waals surface area contributed by atoms with Crippen molar-refractivity contribution in [3.63, 3.8) is 0 Å². The Bertz CT molecular complexity index is 992. The standard InChI is InChI=1S/C27H30N6O.C3H8.C2H6O2.2Zn/c34-27(21-32(17-23-9-1-5-13-28-23)18-24-10-2-6-14-29-24)22-33(19-25-11-3-7-15-30-25)20-26-12-4-8-16-31-26;1-3-2;1-2(3)4;;/h1-16,27,34H,17-22H2;3H2,1-2H3;2-4H,1H3;;.